The van der Waals surface area contributed by atoms with Gasteiger partial charge in [-0.15, -0.1) is 0 Å². The molecule has 0 bridgehead atoms. The zero-order chi connectivity index (χ0) is 29.5. The Morgan fingerprint density at radius 3 is 2.23 bits per heavy atom. The number of carbonyl (C=O) groups is 3. The molecule has 13 heteroatoms. The highest BCUT2D eigenvalue weighted by molar-refractivity contribution is 7.87. The minimum atomic E-state index is -4.48. The van der Waals surface area contributed by atoms with Crippen LogP contribution in [-0.2, 0) is 35.8 Å². The van der Waals surface area contributed by atoms with Crippen molar-refractivity contribution in [2.75, 3.05) is 19.8 Å². The van der Waals surface area contributed by atoms with Crippen LogP contribution in [0.3, 0.4) is 0 Å². The number of nitrogens with zero attached hydrogens (tertiary/aromatic N) is 2. The van der Waals surface area contributed by atoms with Gasteiger partial charge in [0.1, 0.15) is 16.7 Å². The minimum Gasteiger partial charge on any atom is -0.459 e. The summed E-state index contributed by atoms with van der Waals surface area (Å²) < 4.78 is 40.3. The van der Waals surface area contributed by atoms with E-state index in [1.165, 1.54) is 0 Å². The molecule has 1 aromatic rings. The lowest BCUT2D eigenvalue weighted by molar-refractivity contribution is -0.163. The maximum atomic E-state index is 13.8. The van der Waals surface area contributed by atoms with E-state index >= 15 is 0 Å². The van der Waals surface area contributed by atoms with Crippen LogP contribution >= 0.6 is 11.6 Å². The maximum Gasteiger partial charge on any atom is 0.425 e. The summed E-state index contributed by atoms with van der Waals surface area (Å²) in [5, 5.41) is 6.07. The first kappa shape index (κ1) is 32.8. The van der Waals surface area contributed by atoms with Crippen molar-refractivity contribution in [1.82, 2.24) is 19.2 Å². The second-order valence-electron chi connectivity index (χ2n) is 11.5. The normalized spacial score (nSPS) is 18.1. The number of hydrogen-bond donors (Lipinski definition) is 2. The van der Waals surface area contributed by atoms with Crippen LogP contribution in [0.2, 0.25) is 5.02 Å². The zero-order valence-corrected chi connectivity index (χ0v) is 25.2. The quantitative estimate of drug-likeness (QED) is 0.215. The van der Waals surface area contributed by atoms with Crippen molar-refractivity contribution in [3.05, 3.63) is 34.9 Å². The van der Waals surface area contributed by atoms with Gasteiger partial charge in [0.2, 0.25) is 6.41 Å². The van der Waals surface area contributed by atoms with E-state index in [0.29, 0.717) is 40.7 Å². The number of halogens is 1. The average molecular weight is 589 g/mol. The Morgan fingerprint density at radius 1 is 1.10 bits per heavy atom. The molecule has 0 spiro atoms. The van der Waals surface area contributed by atoms with E-state index in [9.17, 15) is 22.8 Å². The number of carbonyl (C=O) groups excluding carboxylic acids is 3. The molecule has 0 aromatic heterocycles. The zero-order valence-electron chi connectivity index (χ0n) is 23.6. The minimum absolute atomic E-state index is 0.0741. The molecule has 2 N–H and O–H groups in total. The lowest BCUT2D eigenvalue weighted by Crippen LogP contribution is -2.52. The predicted molar refractivity (Wildman–Crippen MR) is 148 cm³/mol. The van der Waals surface area contributed by atoms with Crippen LogP contribution in [0, 0.1) is 0 Å². The maximum absolute atomic E-state index is 13.8. The van der Waals surface area contributed by atoms with Crippen LogP contribution in [0.25, 0.3) is 0 Å². The number of amides is 2. The summed E-state index contributed by atoms with van der Waals surface area (Å²) in [5.41, 5.74) is -2.05. The fraction of sp³-hybridized carbons (Fsp3) is 0.654. The number of rotatable bonds is 12. The van der Waals surface area contributed by atoms with E-state index in [-0.39, 0.29) is 32.1 Å². The van der Waals surface area contributed by atoms with Gasteiger partial charge in [0, 0.05) is 11.6 Å². The molecule has 1 fully saturated rings. The van der Waals surface area contributed by atoms with E-state index in [2.05, 4.69) is 10.6 Å². The van der Waals surface area contributed by atoms with Crippen LogP contribution in [0.15, 0.2) is 24.3 Å². The van der Waals surface area contributed by atoms with Crippen molar-refractivity contribution < 1.29 is 32.3 Å². The van der Waals surface area contributed by atoms with Gasteiger partial charge in [0.05, 0.1) is 13.2 Å². The van der Waals surface area contributed by atoms with Gasteiger partial charge in [-0.05, 0) is 91.5 Å². The highest BCUT2D eigenvalue weighted by Gasteiger charge is 2.44. The number of nitrogens with one attached hydrogen (secondary N) is 2. The average Bonchev–Trinajstić information content (AvgIpc) is 3.28. The van der Waals surface area contributed by atoms with E-state index in [0.717, 1.165) is 10.7 Å². The molecule has 2 rings (SSSR count). The molecule has 0 saturated carbocycles. The van der Waals surface area contributed by atoms with E-state index in [1.54, 1.807) is 65.8 Å². The summed E-state index contributed by atoms with van der Waals surface area (Å²) in [6, 6.07) is 6.40. The highest BCUT2D eigenvalue weighted by Crippen LogP contribution is 2.29. The van der Waals surface area contributed by atoms with Crippen molar-refractivity contribution in [3.63, 3.8) is 0 Å². The standard InChI is InChI=1S/C26H41ClN4O7S/c1-24(2,3)37-22(33)26(13-7-15-29-26)14-8-16-30(18-28-19-32)39(35,36)31(23(34)38-25(4,5)6)17-20-9-11-21(27)12-10-20/h9-12,19,29H,7-8,13-18H2,1-6H3,(H,28,32)/t26-/m0/s1. The van der Waals surface area contributed by atoms with Crippen molar-refractivity contribution in [3.8, 4) is 0 Å². The fourth-order valence-corrected chi connectivity index (χ4v) is 5.63. The lowest BCUT2D eigenvalue weighted by atomic mass is 9.91. The SMILES string of the molecule is CC(C)(C)OC(=O)N(Cc1ccc(Cl)cc1)S(=O)(=O)N(CCC[C@]1(C(=O)OC(C)(C)C)CCCN1)CNC=O. The molecule has 0 aliphatic carbocycles. The molecule has 0 radical (unpaired) electrons. The van der Waals surface area contributed by atoms with Crippen molar-refractivity contribution in [2.24, 2.45) is 0 Å². The number of hydrogen-bond acceptors (Lipinski definition) is 8. The number of esters is 1. The summed E-state index contributed by atoms with van der Waals surface area (Å²) in [6.07, 6.45) is 1.22. The van der Waals surface area contributed by atoms with Gasteiger partial charge < -0.3 is 20.1 Å². The topological polar surface area (TPSA) is 134 Å². The molecule has 11 nitrogen and oxygen atoms in total. The van der Waals surface area contributed by atoms with Crippen molar-refractivity contribution in [1.29, 1.82) is 0 Å². The first-order valence-corrected chi connectivity index (χ1v) is 14.7. The summed E-state index contributed by atoms with van der Waals surface area (Å²) in [6.45, 7) is 10.2. The first-order valence-electron chi connectivity index (χ1n) is 12.9. The smallest absolute Gasteiger partial charge is 0.425 e. The van der Waals surface area contributed by atoms with Crippen LogP contribution in [0.5, 0.6) is 0 Å². The largest absolute Gasteiger partial charge is 0.459 e. The lowest BCUT2D eigenvalue weighted by Gasteiger charge is -2.33. The Morgan fingerprint density at radius 2 is 1.72 bits per heavy atom. The Bertz CT molecular complexity index is 1090. The third-order valence-electron chi connectivity index (χ3n) is 5.84. The van der Waals surface area contributed by atoms with Gasteiger partial charge in [-0.1, -0.05) is 23.7 Å². The first-order chi connectivity index (χ1) is 18.0. The Hall–Kier alpha value is -2.41. The number of ether oxygens (including phenoxy) is 2. The van der Waals surface area contributed by atoms with Crippen LogP contribution in [0.4, 0.5) is 4.79 Å². The summed E-state index contributed by atoms with van der Waals surface area (Å²) in [4.78, 5) is 37.2. The van der Waals surface area contributed by atoms with Crippen LogP contribution < -0.4 is 10.6 Å². The van der Waals surface area contributed by atoms with Crippen LogP contribution in [0.1, 0.15) is 72.8 Å². The molecule has 2 amide bonds. The molecule has 1 atom stereocenters. The molecule has 1 saturated heterocycles. The molecule has 1 aromatic carbocycles. The molecular weight excluding hydrogens is 548 g/mol. The monoisotopic (exact) mass is 588 g/mol. The van der Waals surface area contributed by atoms with Crippen LogP contribution in [-0.4, -0.2) is 72.0 Å². The summed E-state index contributed by atoms with van der Waals surface area (Å²) in [5.74, 6) is -0.383. The molecule has 1 heterocycles. The highest BCUT2D eigenvalue weighted by atomic mass is 35.5. The molecule has 39 heavy (non-hydrogen) atoms. The fourth-order valence-electron chi connectivity index (χ4n) is 4.09. The number of benzene rings is 1. The Balaban J connectivity index is 2.31. The van der Waals surface area contributed by atoms with Gasteiger partial charge in [-0.2, -0.15) is 17.0 Å². The second kappa shape index (κ2) is 13.3. The van der Waals surface area contributed by atoms with Gasteiger partial charge in [-0.3, -0.25) is 9.59 Å². The van der Waals surface area contributed by atoms with Gasteiger partial charge in [-0.25, -0.2) is 4.79 Å². The summed E-state index contributed by atoms with van der Waals surface area (Å²) >= 11 is 5.96. The van der Waals surface area contributed by atoms with Gasteiger partial charge in [0.15, 0.2) is 0 Å². The molecule has 1 aliphatic heterocycles. The van der Waals surface area contributed by atoms with Gasteiger partial charge in [0.25, 0.3) is 0 Å². The van der Waals surface area contributed by atoms with E-state index in [4.69, 9.17) is 21.1 Å². The van der Waals surface area contributed by atoms with Crippen molar-refractivity contribution in [2.45, 2.75) is 90.5 Å². The predicted octanol–water partition coefficient (Wildman–Crippen LogP) is 3.57. The molecule has 1 aliphatic rings. The second-order valence-corrected chi connectivity index (χ2v) is 13.8. The molecular formula is C26H41ClN4O7S. The Kier molecular flexibility index (Phi) is 11.2. The van der Waals surface area contributed by atoms with E-state index in [1.807, 2.05) is 0 Å². The van der Waals surface area contributed by atoms with Gasteiger partial charge >= 0.3 is 22.3 Å². The third-order valence-corrected chi connectivity index (χ3v) is 7.89. The Labute approximate surface area is 236 Å². The van der Waals surface area contributed by atoms with E-state index < -0.39 is 33.0 Å². The van der Waals surface area contributed by atoms with Crippen molar-refractivity contribution >= 4 is 40.3 Å². The summed E-state index contributed by atoms with van der Waals surface area (Å²) in [7, 11) is -4.48. The third kappa shape index (κ3) is 9.93. The molecule has 0 unspecified atom stereocenters. The molecule has 220 valence electrons.